The van der Waals surface area contributed by atoms with Crippen molar-refractivity contribution in [2.45, 2.75) is 19.1 Å². The molecule has 0 fully saturated rings. The molecule has 1 aliphatic rings. The first-order valence-electron chi connectivity index (χ1n) is 9.30. The fourth-order valence-corrected chi connectivity index (χ4v) is 4.57. The maximum atomic E-state index is 12.7. The Kier molecular flexibility index (Phi) is 5.87. The molecule has 3 aromatic rings. The number of carbonyl (C=O) groups is 1. The van der Waals surface area contributed by atoms with Crippen LogP contribution >= 0.6 is 11.3 Å². The van der Waals surface area contributed by atoms with Gasteiger partial charge >= 0.3 is 6.61 Å². The molecule has 1 aliphatic heterocycles. The van der Waals surface area contributed by atoms with Crippen LogP contribution in [-0.4, -0.2) is 30.5 Å². The van der Waals surface area contributed by atoms with Crippen LogP contribution in [0.5, 0.6) is 5.75 Å². The highest BCUT2D eigenvalue weighted by Gasteiger charge is 2.30. The van der Waals surface area contributed by atoms with E-state index in [1.54, 1.807) is 23.5 Å². The first-order chi connectivity index (χ1) is 14.1. The molecule has 4 rings (SSSR count). The molecule has 2 heterocycles. The molecule has 150 valence electrons. The molecular formula is C22H20F2N2O2S. The van der Waals surface area contributed by atoms with Gasteiger partial charge in [0.15, 0.2) is 0 Å². The monoisotopic (exact) mass is 414 g/mol. The van der Waals surface area contributed by atoms with Crippen molar-refractivity contribution >= 4 is 22.9 Å². The normalized spacial score (nSPS) is 16.4. The van der Waals surface area contributed by atoms with Crippen molar-refractivity contribution < 1.29 is 18.3 Å². The standard InChI is InChI=1S/C22H20F2N2O2S/c23-22(24)28-17-8-6-16(7-9-17)25-20(27)14-26-12-10-19-18(11-13-29-19)21(26)15-4-2-1-3-5-15/h1-9,11,13,21-22H,10,12,14H2,(H,25,27)/t21-/m0/s1. The molecule has 29 heavy (non-hydrogen) atoms. The minimum atomic E-state index is -2.87. The highest BCUT2D eigenvalue weighted by atomic mass is 32.1. The minimum absolute atomic E-state index is 0.0405. The van der Waals surface area contributed by atoms with E-state index in [1.165, 1.54) is 22.6 Å². The second kappa shape index (κ2) is 8.71. The number of alkyl halides is 2. The second-order valence-corrected chi connectivity index (χ2v) is 7.78. The fraction of sp³-hybridized carbons (Fsp3) is 0.227. The SMILES string of the molecule is O=C(CN1CCc2sccc2[C@@H]1c1ccccc1)Nc1ccc(OC(F)F)cc1. The molecule has 0 aliphatic carbocycles. The molecule has 2 aromatic carbocycles. The predicted molar refractivity (Wildman–Crippen MR) is 110 cm³/mol. The lowest BCUT2D eigenvalue weighted by molar-refractivity contribution is -0.117. The Morgan fingerprint density at radius 2 is 1.90 bits per heavy atom. The third-order valence-electron chi connectivity index (χ3n) is 4.89. The van der Waals surface area contributed by atoms with Crippen molar-refractivity contribution in [3.05, 3.63) is 82.0 Å². The molecule has 1 N–H and O–H groups in total. The first kappa shape index (κ1) is 19.5. The largest absolute Gasteiger partial charge is 0.435 e. The van der Waals surface area contributed by atoms with E-state index in [1.807, 2.05) is 18.2 Å². The van der Waals surface area contributed by atoms with E-state index < -0.39 is 6.61 Å². The van der Waals surface area contributed by atoms with E-state index >= 15 is 0 Å². The molecule has 7 heteroatoms. The van der Waals surface area contributed by atoms with Gasteiger partial charge in [-0.2, -0.15) is 8.78 Å². The zero-order chi connectivity index (χ0) is 20.2. The van der Waals surface area contributed by atoms with E-state index in [2.05, 4.69) is 38.5 Å². The Morgan fingerprint density at radius 1 is 1.14 bits per heavy atom. The summed E-state index contributed by atoms with van der Waals surface area (Å²) in [5, 5.41) is 4.94. The van der Waals surface area contributed by atoms with E-state index in [4.69, 9.17) is 0 Å². The second-order valence-electron chi connectivity index (χ2n) is 6.78. The molecule has 0 saturated heterocycles. The third kappa shape index (κ3) is 4.63. The topological polar surface area (TPSA) is 41.6 Å². The molecule has 1 amide bonds. The van der Waals surface area contributed by atoms with Crippen LogP contribution in [-0.2, 0) is 11.2 Å². The van der Waals surface area contributed by atoms with E-state index in [9.17, 15) is 13.6 Å². The van der Waals surface area contributed by atoms with E-state index in [-0.39, 0.29) is 24.2 Å². The average molecular weight is 414 g/mol. The fourth-order valence-electron chi connectivity index (χ4n) is 3.67. The van der Waals surface area contributed by atoms with Crippen LogP contribution in [0.1, 0.15) is 22.0 Å². The number of nitrogens with one attached hydrogen (secondary N) is 1. The van der Waals surface area contributed by atoms with Gasteiger partial charge in [0, 0.05) is 17.1 Å². The van der Waals surface area contributed by atoms with Crippen LogP contribution in [0, 0.1) is 0 Å². The Balaban J connectivity index is 1.47. The molecule has 0 radical (unpaired) electrons. The summed E-state index contributed by atoms with van der Waals surface area (Å²) >= 11 is 1.76. The molecule has 1 atom stereocenters. The van der Waals surface area contributed by atoms with Gasteiger partial charge in [-0.3, -0.25) is 9.69 Å². The summed E-state index contributed by atoms with van der Waals surface area (Å²) in [6.45, 7) is -1.84. The Morgan fingerprint density at radius 3 is 2.62 bits per heavy atom. The summed E-state index contributed by atoms with van der Waals surface area (Å²) in [4.78, 5) is 16.2. The number of benzene rings is 2. The summed E-state index contributed by atoms with van der Waals surface area (Å²) in [5.74, 6) is -0.0877. The van der Waals surface area contributed by atoms with Crippen molar-refractivity contribution in [1.29, 1.82) is 0 Å². The van der Waals surface area contributed by atoms with Gasteiger partial charge in [-0.05, 0) is 53.3 Å². The molecule has 4 nitrogen and oxygen atoms in total. The van der Waals surface area contributed by atoms with Crippen molar-refractivity contribution in [1.82, 2.24) is 4.90 Å². The zero-order valence-corrected chi connectivity index (χ0v) is 16.4. The summed E-state index contributed by atoms with van der Waals surface area (Å²) in [5.41, 5.74) is 2.96. The summed E-state index contributed by atoms with van der Waals surface area (Å²) < 4.78 is 28.8. The van der Waals surface area contributed by atoms with E-state index in [0.717, 1.165) is 18.5 Å². The van der Waals surface area contributed by atoms with Gasteiger partial charge in [0.2, 0.25) is 5.91 Å². The van der Waals surface area contributed by atoms with Crippen molar-refractivity contribution in [3.8, 4) is 5.75 Å². The first-order valence-corrected chi connectivity index (χ1v) is 10.2. The van der Waals surface area contributed by atoms with Crippen LogP contribution in [0.3, 0.4) is 0 Å². The summed E-state index contributed by atoms with van der Waals surface area (Å²) in [6, 6.07) is 18.3. The number of hydrogen-bond acceptors (Lipinski definition) is 4. The summed E-state index contributed by atoms with van der Waals surface area (Å²) in [7, 11) is 0. The van der Waals surface area contributed by atoms with Gasteiger partial charge in [0.05, 0.1) is 12.6 Å². The lowest BCUT2D eigenvalue weighted by Crippen LogP contribution is -2.40. The quantitative estimate of drug-likeness (QED) is 0.622. The predicted octanol–water partition coefficient (Wildman–Crippen LogP) is 4.94. The molecule has 1 aromatic heterocycles. The van der Waals surface area contributed by atoms with Crippen molar-refractivity contribution in [2.24, 2.45) is 0 Å². The van der Waals surface area contributed by atoms with Crippen molar-refractivity contribution in [3.63, 3.8) is 0 Å². The Bertz CT molecular complexity index is 960. The van der Waals surface area contributed by atoms with Gasteiger partial charge < -0.3 is 10.1 Å². The number of fused-ring (bicyclic) bond motifs is 1. The van der Waals surface area contributed by atoms with Crippen LogP contribution in [0.2, 0.25) is 0 Å². The van der Waals surface area contributed by atoms with E-state index in [0.29, 0.717) is 5.69 Å². The van der Waals surface area contributed by atoms with Crippen LogP contribution in [0.25, 0.3) is 0 Å². The number of ether oxygens (including phenoxy) is 1. The molecular weight excluding hydrogens is 394 g/mol. The third-order valence-corrected chi connectivity index (χ3v) is 5.89. The molecule has 0 unspecified atom stereocenters. The minimum Gasteiger partial charge on any atom is -0.435 e. The average Bonchev–Trinajstić information content (AvgIpc) is 3.18. The molecule has 0 bridgehead atoms. The van der Waals surface area contributed by atoms with Gasteiger partial charge in [0.25, 0.3) is 0 Å². The highest BCUT2D eigenvalue weighted by molar-refractivity contribution is 7.10. The molecule has 0 saturated carbocycles. The van der Waals surface area contributed by atoms with Gasteiger partial charge in [-0.25, -0.2) is 0 Å². The zero-order valence-electron chi connectivity index (χ0n) is 15.6. The number of carbonyl (C=O) groups excluding carboxylic acids is 1. The number of hydrogen-bond donors (Lipinski definition) is 1. The lowest BCUT2D eigenvalue weighted by Gasteiger charge is -2.35. The van der Waals surface area contributed by atoms with Gasteiger partial charge in [0.1, 0.15) is 5.75 Å². The van der Waals surface area contributed by atoms with Crippen LogP contribution in [0.4, 0.5) is 14.5 Å². The van der Waals surface area contributed by atoms with Crippen LogP contribution in [0.15, 0.2) is 66.0 Å². The number of thiophene rings is 1. The molecule has 0 spiro atoms. The smallest absolute Gasteiger partial charge is 0.387 e. The Hall–Kier alpha value is -2.77. The van der Waals surface area contributed by atoms with Gasteiger partial charge in [-0.15, -0.1) is 11.3 Å². The van der Waals surface area contributed by atoms with Crippen molar-refractivity contribution in [2.75, 3.05) is 18.4 Å². The number of nitrogens with zero attached hydrogens (tertiary/aromatic N) is 1. The van der Waals surface area contributed by atoms with Crippen LogP contribution < -0.4 is 10.1 Å². The highest BCUT2D eigenvalue weighted by Crippen LogP contribution is 2.37. The number of halogens is 2. The van der Waals surface area contributed by atoms with Gasteiger partial charge in [-0.1, -0.05) is 30.3 Å². The lowest BCUT2D eigenvalue weighted by atomic mass is 9.93. The maximum Gasteiger partial charge on any atom is 0.387 e. The number of anilines is 1. The summed E-state index contributed by atoms with van der Waals surface area (Å²) in [6.07, 6.45) is 0.920. The Labute approximate surface area is 171 Å². The number of amides is 1. The number of rotatable bonds is 6. The maximum absolute atomic E-state index is 12.7.